The van der Waals surface area contributed by atoms with E-state index in [9.17, 15) is 4.79 Å². The summed E-state index contributed by atoms with van der Waals surface area (Å²) in [6.45, 7) is 3.99. The summed E-state index contributed by atoms with van der Waals surface area (Å²) < 4.78 is 5.56. The van der Waals surface area contributed by atoms with Crippen molar-refractivity contribution < 1.29 is 9.53 Å². The van der Waals surface area contributed by atoms with E-state index in [1.807, 2.05) is 38.1 Å². The van der Waals surface area contributed by atoms with Gasteiger partial charge in [-0.1, -0.05) is 0 Å². The van der Waals surface area contributed by atoms with Crippen LogP contribution in [0.5, 0.6) is 5.75 Å². The van der Waals surface area contributed by atoms with Gasteiger partial charge in [0.25, 0.3) is 0 Å². The quantitative estimate of drug-likeness (QED) is 0.907. The number of carbonyl (C=O) groups is 1. The Morgan fingerprint density at radius 2 is 2.11 bits per heavy atom. The number of thioether (sulfide) groups is 1. The highest BCUT2D eigenvalue weighted by Crippen LogP contribution is 2.27. The lowest BCUT2D eigenvalue weighted by atomic mass is 10.2. The zero-order valence-corrected chi connectivity index (χ0v) is 11.6. The number of nitrogens with one attached hydrogen (secondary N) is 1. The fourth-order valence-electron chi connectivity index (χ4n) is 1.90. The average Bonchev–Trinajstić information content (AvgIpc) is 2.84. The largest absolute Gasteiger partial charge is 0.491 e. The maximum Gasteiger partial charge on any atom is 0.237 e. The number of hydrogen-bond donors (Lipinski definition) is 1. The van der Waals surface area contributed by atoms with E-state index in [0.29, 0.717) is 0 Å². The third-order valence-electron chi connectivity index (χ3n) is 2.72. The predicted molar refractivity (Wildman–Crippen MR) is 76.3 cm³/mol. The topological polar surface area (TPSA) is 38.3 Å². The summed E-state index contributed by atoms with van der Waals surface area (Å²) >= 11 is 1.74. The molecule has 2 rings (SSSR count). The van der Waals surface area contributed by atoms with E-state index < -0.39 is 0 Å². The van der Waals surface area contributed by atoms with Gasteiger partial charge in [0, 0.05) is 5.69 Å². The molecular weight excluding hydrogens is 246 g/mol. The van der Waals surface area contributed by atoms with Crippen LogP contribution in [0.25, 0.3) is 0 Å². The minimum atomic E-state index is 0.120. The SMILES string of the molecule is CC(C)Oc1ccc(NC(=O)C2CCCS2)cc1. The number of ether oxygens (including phenoxy) is 1. The van der Waals surface area contributed by atoms with Gasteiger partial charge in [0.2, 0.25) is 5.91 Å². The zero-order valence-electron chi connectivity index (χ0n) is 10.8. The Morgan fingerprint density at radius 1 is 1.39 bits per heavy atom. The van der Waals surface area contributed by atoms with Crippen molar-refractivity contribution >= 4 is 23.4 Å². The summed E-state index contributed by atoms with van der Waals surface area (Å²) in [5, 5.41) is 3.07. The third-order valence-corrected chi connectivity index (χ3v) is 4.09. The predicted octanol–water partition coefficient (Wildman–Crippen LogP) is 3.31. The van der Waals surface area contributed by atoms with E-state index in [2.05, 4.69) is 5.32 Å². The van der Waals surface area contributed by atoms with Crippen molar-refractivity contribution in [3.63, 3.8) is 0 Å². The highest BCUT2D eigenvalue weighted by Gasteiger charge is 2.23. The van der Waals surface area contributed by atoms with E-state index in [-0.39, 0.29) is 17.3 Å². The summed E-state index contributed by atoms with van der Waals surface area (Å²) in [4.78, 5) is 11.9. The first-order valence-electron chi connectivity index (χ1n) is 6.34. The third kappa shape index (κ3) is 3.67. The van der Waals surface area contributed by atoms with Crippen LogP contribution < -0.4 is 10.1 Å². The molecule has 1 amide bonds. The molecule has 0 bridgehead atoms. The second-order valence-electron chi connectivity index (χ2n) is 4.68. The molecule has 0 aliphatic carbocycles. The molecule has 1 N–H and O–H groups in total. The Labute approximate surface area is 112 Å². The molecule has 0 aromatic heterocycles. The Hall–Kier alpha value is -1.16. The summed E-state index contributed by atoms with van der Waals surface area (Å²) in [5.74, 6) is 2.05. The smallest absolute Gasteiger partial charge is 0.237 e. The van der Waals surface area contributed by atoms with Crippen LogP contribution in [0.3, 0.4) is 0 Å². The van der Waals surface area contributed by atoms with Crippen LogP contribution in [-0.2, 0) is 4.79 Å². The lowest BCUT2D eigenvalue weighted by Gasteiger charge is -2.12. The molecular formula is C14H19NO2S. The number of anilines is 1. The van der Waals surface area contributed by atoms with Gasteiger partial charge in [-0.25, -0.2) is 0 Å². The minimum Gasteiger partial charge on any atom is -0.491 e. The Kier molecular flexibility index (Phi) is 4.53. The first-order chi connectivity index (χ1) is 8.65. The van der Waals surface area contributed by atoms with Crippen LogP contribution in [0.4, 0.5) is 5.69 Å². The number of benzene rings is 1. The number of carbonyl (C=O) groups excluding carboxylic acids is 1. The van der Waals surface area contributed by atoms with E-state index >= 15 is 0 Å². The highest BCUT2D eigenvalue weighted by atomic mass is 32.2. The monoisotopic (exact) mass is 265 g/mol. The van der Waals surface area contributed by atoms with Crippen LogP contribution in [-0.4, -0.2) is 23.0 Å². The van der Waals surface area contributed by atoms with E-state index in [1.165, 1.54) is 0 Å². The molecule has 18 heavy (non-hydrogen) atoms. The molecule has 1 aliphatic heterocycles. The van der Waals surface area contributed by atoms with Crippen molar-refractivity contribution in [2.75, 3.05) is 11.1 Å². The maximum absolute atomic E-state index is 11.9. The fraction of sp³-hybridized carbons (Fsp3) is 0.500. The van der Waals surface area contributed by atoms with Crippen LogP contribution in [0.1, 0.15) is 26.7 Å². The van der Waals surface area contributed by atoms with Crippen molar-refractivity contribution in [2.24, 2.45) is 0 Å². The molecule has 1 aromatic rings. The summed E-state index contributed by atoms with van der Waals surface area (Å²) in [5.41, 5.74) is 0.837. The lowest BCUT2D eigenvalue weighted by Crippen LogP contribution is -2.22. The molecule has 3 nitrogen and oxygen atoms in total. The van der Waals surface area contributed by atoms with Gasteiger partial charge in [0.15, 0.2) is 0 Å². The van der Waals surface area contributed by atoms with E-state index in [1.54, 1.807) is 11.8 Å². The Balaban J connectivity index is 1.91. The van der Waals surface area contributed by atoms with Crippen LogP contribution in [0.2, 0.25) is 0 Å². The molecule has 0 spiro atoms. The molecule has 1 aromatic carbocycles. The molecule has 1 unspecified atom stereocenters. The van der Waals surface area contributed by atoms with Crippen molar-refractivity contribution in [1.82, 2.24) is 0 Å². The van der Waals surface area contributed by atoms with Gasteiger partial charge < -0.3 is 10.1 Å². The van der Waals surface area contributed by atoms with Crippen molar-refractivity contribution in [3.8, 4) is 5.75 Å². The van der Waals surface area contributed by atoms with Gasteiger partial charge in [-0.05, 0) is 56.7 Å². The van der Waals surface area contributed by atoms with Gasteiger partial charge in [0.1, 0.15) is 5.75 Å². The van der Waals surface area contributed by atoms with Crippen LogP contribution >= 0.6 is 11.8 Å². The molecule has 0 radical (unpaired) electrons. The lowest BCUT2D eigenvalue weighted by molar-refractivity contribution is -0.115. The van der Waals surface area contributed by atoms with Gasteiger partial charge in [-0.3, -0.25) is 4.79 Å². The van der Waals surface area contributed by atoms with E-state index in [0.717, 1.165) is 30.0 Å². The molecule has 0 saturated carbocycles. The van der Waals surface area contributed by atoms with Gasteiger partial charge in [0.05, 0.1) is 11.4 Å². The maximum atomic E-state index is 11.9. The van der Waals surface area contributed by atoms with Gasteiger partial charge in [-0.15, -0.1) is 11.8 Å². The van der Waals surface area contributed by atoms with Crippen molar-refractivity contribution in [2.45, 2.75) is 38.0 Å². The average molecular weight is 265 g/mol. The first kappa shape index (κ1) is 13.3. The summed E-state index contributed by atoms with van der Waals surface area (Å²) in [6.07, 6.45) is 2.30. The first-order valence-corrected chi connectivity index (χ1v) is 7.39. The standard InChI is InChI=1S/C14H19NO2S/c1-10(2)17-12-7-5-11(6-8-12)15-14(16)13-4-3-9-18-13/h5-8,10,13H,3-4,9H2,1-2H3,(H,15,16). The summed E-state index contributed by atoms with van der Waals surface area (Å²) in [6, 6.07) is 7.54. The highest BCUT2D eigenvalue weighted by molar-refractivity contribution is 8.00. The molecule has 1 fully saturated rings. The molecule has 1 saturated heterocycles. The zero-order chi connectivity index (χ0) is 13.0. The van der Waals surface area contributed by atoms with Crippen molar-refractivity contribution in [3.05, 3.63) is 24.3 Å². The number of hydrogen-bond acceptors (Lipinski definition) is 3. The van der Waals surface area contributed by atoms with Crippen LogP contribution in [0, 0.1) is 0 Å². The molecule has 1 atom stereocenters. The normalized spacial score (nSPS) is 18.9. The van der Waals surface area contributed by atoms with Gasteiger partial charge >= 0.3 is 0 Å². The minimum absolute atomic E-state index is 0.120. The number of amides is 1. The molecule has 98 valence electrons. The fourth-order valence-corrected chi connectivity index (χ4v) is 3.06. The molecule has 4 heteroatoms. The molecule has 1 aliphatic rings. The summed E-state index contributed by atoms with van der Waals surface area (Å²) in [7, 11) is 0. The van der Waals surface area contributed by atoms with E-state index in [4.69, 9.17) is 4.74 Å². The van der Waals surface area contributed by atoms with Gasteiger partial charge in [-0.2, -0.15) is 0 Å². The Bertz CT molecular complexity index is 397. The van der Waals surface area contributed by atoms with Crippen LogP contribution in [0.15, 0.2) is 24.3 Å². The van der Waals surface area contributed by atoms with Crippen molar-refractivity contribution in [1.29, 1.82) is 0 Å². The second-order valence-corrected chi connectivity index (χ2v) is 5.99. The second kappa shape index (κ2) is 6.14. The Morgan fingerprint density at radius 3 is 2.67 bits per heavy atom. The number of rotatable bonds is 4. The molecule has 1 heterocycles.